The lowest BCUT2D eigenvalue weighted by Gasteiger charge is -2.23. The minimum absolute atomic E-state index is 0.752. The number of fused-ring (bicyclic) bond motifs is 1. The Morgan fingerprint density at radius 2 is 1.95 bits per heavy atom. The topological polar surface area (TPSA) is 12.9 Å². The van der Waals surface area contributed by atoms with Crippen LogP contribution in [0.3, 0.4) is 0 Å². The second-order valence-electron chi connectivity index (χ2n) is 5.61. The number of para-hydroxylation sites is 1. The highest BCUT2D eigenvalue weighted by molar-refractivity contribution is 9.09. The smallest absolute Gasteiger partial charge is 0.0774 e. The highest BCUT2D eigenvalue weighted by Crippen LogP contribution is 2.32. The maximum absolute atomic E-state index is 4.55. The molecule has 0 unspecified atom stereocenters. The number of pyridine rings is 1. The van der Waals surface area contributed by atoms with Gasteiger partial charge in [-0.05, 0) is 24.8 Å². The molecule has 0 amide bonds. The van der Waals surface area contributed by atoms with E-state index in [-0.39, 0.29) is 0 Å². The molecule has 1 saturated carbocycles. The average Bonchev–Trinajstić information content (AvgIpc) is 2.53. The van der Waals surface area contributed by atoms with Crippen LogP contribution in [0.2, 0.25) is 0 Å². The van der Waals surface area contributed by atoms with Gasteiger partial charge in [0, 0.05) is 22.5 Å². The van der Waals surface area contributed by atoms with Gasteiger partial charge in [0.2, 0.25) is 0 Å². The number of hydrogen-bond acceptors (Lipinski definition) is 1. The number of benzene rings is 1. The fraction of sp³-hybridized carbons (Fsp3) is 0.389. The summed E-state index contributed by atoms with van der Waals surface area (Å²) < 4.78 is 0. The molecule has 0 aliphatic heterocycles. The fourth-order valence-electron chi connectivity index (χ4n) is 3.18. The first-order valence-corrected chi connectivity index (χ1v) is 8.61. The minimum atomic E-state index is 0.752. The fourth-order valence-corrected chi connectivity index (χ4v) is 3.80. The molecule has 1 nitrogen and oxygen atoms in total. The van der Waals surface area contributed by atoms with E-state index in [9.17, 15) is 0 Å². The van der Waals surface area contributed by atoms with Gasteiger partial charge in [-0.1, -0.05) is 71.1 Å². The van der Waals surface area contributed by atoms with Crippen molar-refractivity contribution < 1.29 is 0 Å². The molecule has 1 heterocycles. The molecule has 3 rings (SSSR count). The summed E-state index contributed by atoms with van der Waals surface area (Å²) in [5, 5.41) is 2.19. The molecule has 20 heavy (non-hydrogen) atoms. The maximum atomic E-state index is 4.55. The van der Waals surface area contributed by atoms with Crippen LogP contribution in [-0.4, -0.2) is 10.3 Å². The largest absolute Gasteiger partial charge is 0.256 e. The van der Waals surface area contributed by atoms with Gasteiger partial charge in [0.25, 0.3) is 0 Å². The van der Waals surface area contributed by atoms with E-state index in [1.165, 1.54) is 48.6 Å². The molecule has 1 aliphatic rings. The van der Waals surface area contributed by atoms with Crippen molar-refractivity contribution in [3.8, 4) is 0 Å². The Morgan fingerprint density at radius 3 is 2.75 bits per heavy atom. The van der Waals surface area contributed by atoms with Crippen LogP contribution in [0.5, 0.6) is 0 Å². The number of allylic oxidation sites excluding steroid dienone is 1. The molecule has 2 aromatic rings. The third-order valence-corrected chi connectivity index (χ3v) is 4.94. The zero-order valence-electron chi connectivity index (χ0n) is 11.7. The van der Waals surface area contributed by atoms with Crippen molar-refractivity contribution in [1.29, 1.82) is 0 Å². The van der Waals surface area contributed by atoms with E-state index >= 15 is 0 Å². The standard InChI is InChI=1S/C18H20BrN/c19-13-17(14-6-2-1-3-7-14)12-16-9-4-8-15-10-5-11-20-18(15)16/h4-5,8-12,14H,1-3,6-7,13H2/b17-12-. The number of hydrogen-bond donors (Lipinski definition) is 0. The highest BCUT2D eigenvalue weighted by Gasteiger charge is 2.17. The van der Waals surface area contributed by atoms with E-state index in [0.29, 0.717) is 0 Å². The van der Waals surface area contributed by atoms with Crippen LogP contribution >= 0.6 is 15.9 Å². The number of halogens is 1. The molecule has 0 saturated heterocycles. The number of alkyl halides is 1. The van der Waals surface area contributed by atoms with Crippen LogP contribution in [-0.2, 0) is 0 Å². The van der Waals surface area contributed by atoms with Crippen molar-refractivity contribution in [3.05, 3.63) is 47.7 Å². The lowest BCUT2D eigenvalue weighted by Crippen LogP contribution is -2.10. The van der Waals surface area contributed by atoms with Crippen LogP contribution < -0.4 is 0 Å². The molecular weight excluding hydrogens is 310 g/mol. The summed E-state index contributed by atoms with van der Waals surface area (Å²) in [6.07, 6.45) is 11.1. The Kier molecular flexibility index (Phi) is 4.51. The zero-order valence-corrected chi connectivity index (χ0v) is 13.3. The molecule has 0 N–H and O–H groups in total. The van der Waals surface area contributed by atoms with E-state index in [4.69, 9.17) is 0 Å². The van der Waals surface area contributed by atoms with Crippen LogP contribution in [0.25, 0.3) is 17.0 Å². The van der Waals surface area contributed by atoms with E-state index < -0.39 is 0 Å². The maximum Gasteiger partial charge on any atom is 0.0774 e. The number of nitrogens with zero attached hydrogens (tertiary/aromatic N) is 1. The molecule has 0 radical (unpaired) electrons. The molecular formula is C18H20BrN. The van der Waals surface area contributed by atoms with Crippen LogP contribution in [0.4, 0.5) is 0 Å². The molecule has 0 bridgehead atoms. The normalized spacial score (nSPS) is 17.6. The van der Waals surface area contributed by atoms with Crippen molar-refractivity contribution in [3.63, 3.8) is 0 Å². The van der Waals surface area contributed by atoms with Crippen LogP contribution in [0.15, 0.2) is 42.1 Å². The molecule has 1 aromatic heterocycles. The molecule has 1 fully saturated rings. The predicted octanol–water partition coefficient (Wildman–Crippen LogP) is 5.59. The summed E-state index contributed by atoms with van der Waals surface area (Å²) in [5.41, 5.74) is 3.90. The number of aromatic nitrogens is 1. The van der Waals surface area contributed by atoms with Gasteiger partial charge in [-0.3, -0.25) is 4.98 Å². The first-order chi connectivity index (χ1) is 9.88. The van der Waals surface area contributed by atoms with Crippen molar-refractivity contribution in [2.75, 3.05) is 5.33 Å². The molecule has 0 atom stereocenters. The molecule has 1 aromatic carbocycles. The first kappa shape index (κ1) is 13.8. The Balaban J connectivity index is 1.98. The van der Waals surface area contributed by atoms with Crippen molar-refractivity contribution in [2.45, 2.75) is 32.1 Å². The molecule has 0 spiro atoms. The van der Waals surface area contributed by atoms with Gasteiger partial charge in [-0.15, -0.1) is 0 Å². The molecule has 2 heteroatoms. The second-order valence-corrected chi connectivity index (χ2v) is 6.17. The summed E-state index contributed by atoms with van der Waals surface area (Å²) in [6.45, 7) is 0. The first-order valence-electron chi connectivity index (χ1n) is 7.48. The minimum Gasteiger partial charge on any atom is -0.256 e. The summed E-state index contributed by atoms with van der Waals surface area (Å²) >= 11 is 3.68. The van der Waals surface area contributed by atoms with Crippen molar-refractivity contribution in [2.24, 2.45) is 5.92 Å². The second kappa shape index (κ2) is 6.53. The van der Waals surface area contributed by atoms with Gasteiger partial charge in [0.05, 0.1) is 5.52 Å². The van der Waals surface area contributed by atoms with Crippen LogP contribution in [0, 0.1) is 5.92 Å². The molecule has 104 valence electrons. The number of rotatable bonds is 3. The third kappa shape index (κ3) is 2.95. The van der Waals surface area contributed by atoms with Crippen molar-refractivity contribution >= 4 is 32.9 Å². The lowest BCUT2D eigenvalue weighted by atomic mass is 9.83. The van der Waals surface area contributed by atoms with Gasteiger partial charge in [0.1, 0.15) is 0 Å². The van der Waals surface area contributed by atoms with Gasteiger partial charge in [-0.25, -0.2) is 0 Å². The third-order valence-electron chi connectivity index (χ3n) is 4.29. The van der Waals surface area contributed by atoms with E-state index in [0.717, 1.165) is 16.8 Å². The quantitative estimate of drug-likeness (QED) is 0.668. The van der Waals surface area contributed by atoms with Gasteiger partial charge < -0.3 is 0 Å². The van der Waals surface area contributed by atoms with E-state index in [1.807, 2.05) is 12.3 Å². The van der Waals surface area contributed by atoms with Crippen LogP contribution in [0.1, 0.15) is 37.7 Å². The SMILES string of the molecule is BrC/C(=C/c1cccc2cccnc12)C1CCCCC1. The summed E-state index contributed by atoms with van der Waals surface area (Å²) in [7, 11) is 0. The predicted molar refractivity (Wildman–Crippen MR) is 90.1 cm³/mol. The van der Waals surface area contributed by atoms with Gasteiger partial charge in [-0.2, -0.15) is 0 Å². The highest BCUT2D eigenvalue weighted by atomic mass is 79.9. The molecule has 1 aliphatic carbocycles. The Morgan fingerprint density at radius 1 is 1.15 bits per heavy atom. The Labute approximate surface area is 129 Å². The summed E-state index contributed by atoms with van der Waals surface area (Å²) in [5.74, 6) is 0.752. The monoisotopic (exact) mass is 329 g/mol. The van der Waals surface area contributed by atoms with Gasteiger partial charge >= 0.3 is 0 Å². The average molecular weight is 330 g/mol. The Hall–Kier alpha value is -1.15. The zero-order chi connectivity index (χ0) is 13.8. The van der Waals surface area contributed by atoms with Gasteiger partial charge in [0.15, 0.2) is 0 Å². The lowest BCUT2D eigenvalue weighted by molar-refractivity contribution is 0.405. The van der Waals surface area contributed by atoms with E-state index in [2.05, 4.69) is 51.3 Å². The summed E-state index contributed by atoms with van der Waals surface area (Å²) in [6, 6.07) is 10.6. The summed E-state index contributed by atoms with van der Waals surface area (Å²) in [4.78, 5) is 4.55. The van der Waals surface area contributed by atoms with Crippen molar-refractivity contribution in [1.82, 2.24) is 4.98 Å². The Bertz CT molecular complexity index is 606. The van der Waals surface area contributed by atoms with E-state index in [1.54, 1.807) is 0 Å².